The molecule has 1 saturated carbocycles. The third-order valence-corrected chi connectivity index (χ3v) is 5.17. The van der Waals surface area contributed by atoms with E-state index in [1.54, 1.807) is 5.57 Å². The average Bonchev–Trinajstić information content (AvgIpc) is 2.30. The molecule has 0 bridgehead atoms. The highest BCUT2D eigenvalue weighted by atomic mass is 14.4. The maximum Gasteiger partial charge on any atom is -0.00822 e. The molecule has 0 saturated heterocycles. The summed E-state index contributed by atoms with van der Waals surface area (Å²) in [6, 6.07) is 0. The number of hydrogen-bond acceptors (Lipinski definition) is 0. The van der Waals surface area contributed by atoms with Crippen LogP contribution >= 0.6 is 0 Å². The van der Waals surface area contributed by atoms with Crippen molar-refractivity contribution in [3.8, 4) is 0 Å². The van der Waals surface area contributed by atoms with Crippen molar-refractivity contribution >= 4 is 0 Å². The van der Waals surface area contributed by atoms with Gasteiger partial charge in [0.05, 0.1) is 0 Å². The van der Waals surface area contributed by atoms with E-state index in [4.69, 9.17) is 0 Å². The van der Waals surface area contributed by atoms with Gasteiger partial charge in [0.2, 0.25) is 0 Å². The van der Waals surface area contributed by atoms with Gasteiger partial charge in [0.25, 0.3) is 0 Å². The second kappa shape index (κ2) is 4.94. The Morgan fingerprint density at radius 2 is 1.94 bits per heavy atom. The fourth-order valence-corrected chi connectivity index (χ4v) is 3.92. The van der Waals surface area contributed by atoms with E-state index in [0.29, 0.717) is 5.41 Å². The van der Waals surface area contributed by atoms with Crippen LogP contribution in [0.2, 0.25) is 0 Å². The normalized spacial score (nSPS) is 40.6. The second-order valence-corrected chi connectivity index (χ2v) is 6.24. The molecule has 1 atom stereocenters. The number of rotatable bonds is 2. The van der Waals surface area contributed by atoms with Crippen molar-refractivity contribution in [1.29, 1.82) is 0 Å². The second-order valence-electron chi connectivity index (χ2n) is 6.24. The molecule has 2 aliphatic carbocycles. The van der Waals surface area contributed by atoms with Crippen molar-refractivity contribution in [2.24, 2.45) is 17.3 Å². The lowest BCUT2D eigenvalue weighted by Crippen LogP contribution is -2.34. The molecule has 0 aromatic rings. The van der Waals surface area contributed by atoms with Crippen LogP contribution in [0, 0.1) is 23.3 Å². The first-order valence-corrected chi connectivity index (χ1v) is 7.27. The monoisotopic (exact) mass is 219 g/mol. The lowest BCUT2D eigenvalue weighted by Gasteiger charge is -2.45. The molecule has 1 fully saturated rings. The minimum atomic E-state index is 0.507. The number of hydrogen-bond donors (Lipinski definition) is 0. The molecular weight excluding hydrogens is 192 g/mol. The third-order valence-electron chi connectivity index (χ3n) is 5.17. The molecule has 0 N–H and O–H groups in total. The summed E-state index contributed by atoms with van der Waals surface area (Å²) in [5.41, 5.74) is 2.16. The van der Waals surface area contributed by atoms with Crippen LogP contribution in [0.5, 0.6) is 0 Å². The lowest BCUT2D eigenvalue weighted by atomic mass is 9.60. The minimum Gasteiger partial charge on any atom is -0.0625 e. The topological polar surface area (TPSA) is 0 Å². The highest BCUT2D eigenvalue weighted by Crippen LogP contribution is 2.50. The van der Waals surface area contributed by atoms with Gasteiger partial charge in [-0.1, -0.05) is 39.2 Å². The molecule has 16 heavy (non-hydrogen) atoms. The Balaban J connectivity index is 2.11. The molecular formula is C16H27. The number of allylic oxidation sites excluding steroid dienone is 2. The third kappa shape index (κ3) is 2.21. The summed E-state index contributed by atoms with van der Waals surface area (Å²) in [6.45, 7) is 7.26. The molecule has 0 heterocycles. The molecule has 0 amide bonds. The molecule has 0 spiro atoms. The van der Waals surface area contributed by atoms with E-state index >= 15 is 0 Å². The van der Waals surface area contributed by atoms with Crippen LogP contribution in [-0.2, 0) is 0 Å². The van der Waals surface area contributed by atoms with E-state index in [9.17, 15) is 0 Å². The zero-order valence-electron chi connectivity index (χ0n) is 11.3. The minimum absolute atomic E-state index is 0.507. The van der Waals surface area contributed by atoms with Crippen LogP contribution in [0.15, 0.2) is 5.57 Å². The van der Waals surface area contributed by atoms with E-state index in [1.165, 1.54) is 51.4 Å². The summed E-state index contributed by atoms with van der Waals surface area (Å²) in [6.07, 6.45) is 14.7. The predicted octanol–water partition coefficient (Wildman–Crippen LogP) is 5.14. The van der Waals surface area contributed by atoms with Crippen molar-refractivity contribution in [1.82, 2.24) is 0 Å². The summed E-state index contributed by atoms with van der Waals surface area (Å²) in [5.74, 6) is 1.92. The van der Waals surface area contributed by atoms with Gasteiger partial charge in [0, 0.05) is 0 Å². The van der Waals surface area contributed by atoms with Gasteiger partial charge in [0.1, 0.15) is 0 Å². The molecule has 0 nitrogen and oxygen atoms in total. The van der Waals surface area contributed by atoms with Gasteiger partial charge in [-0.15, -0.1) is 0 Å². The van der Waals surface area contributed by atoms with E-state index in [2.05, 4.69) is 26.8 Å². The van der Waals surface area contributed by atoms with Crippen molar-refractivity contribution in [2.75, 3.05) is 0 Å². The molecule has 2 rings (SSSR count). The van der Waals surface area contributed by atoms with Gasteiger partial charge < -0.3 is 0 Å². The van der Waals surface area contributed by atoms with Gasteiger partial charge in [-0.2, -0.15) is 0 Å². The maximum absolute atomic E-state index is 3.68. The molecule has 0 aromatic carbocycles. The van der Waals surface area contributed by atoms with Gasteiger partial charge in [-0.25, -0.2) is 0 Å². The van der Waals surface area contributed by atoms with E-state index in [0.717, 1.165) is 11.8 Å². The molecule has 1 radical (unpaired) electrons. The Labute approximate surface area is 102 Å². The lowest BCUT2D eigenvalue weighted by molar-refractivity contribution is 0.131. The summed E-state index contributed by atoms with van der Waals surface area (Å²) in [5, 5.41) is 0. The summed E-state index contributed by atoms with van der Waals surface area (Å²) in [7, 11) is 0. The fourth-order valence-electron chi connectivity index (χ4n) is 3.92. The average molecular weight is 219 g/mol. The first-order valence-electron chi connectivity index (χ1n) is 7.27. The van der Waals surface area contributed by atoms with Crippen molar-refractivity contribution in [3.63, 3.8) is 0 Å². The van der Waals surface area contributed by atoms with Gasteiger partial charge >= 0.3 is 0 Å². The van der Waals surface area contributed by atoms with Gasteiger partial charge in [-0.3, -0.25) is 0 Å². The molecule has 0 aromatic heterocycles. The maximum atomic E-state index is 3.68. The highest BCUT2D eigenvalue weighted by molar-refractivity contribution is 5.15. The molecule has 91 valence electrons. The highest BCUT2D eigenvalue weighted by Gasteiger charge is 2.39. The first-order chi connectivity index (χ1) is 7.66. The predicted molar refractivity (Wildman–Crippen MR) is 70.1 cm³/mol. The van der Waals surface area contributed by atoms with Crippen molar-refractivity contribution in [2.45, 2.75) is 72.1 Å². The van der Waals surface area contributed by atoms with Crippen molar-refractivity contribution < 1.29 is 0 Å². The van der Waals surface area contributed by atoms with Crippen LogP contribution in [0.3, 0.4) is 0 Å². The van der Waals surface area contributed by atoms with Gasteiger partial charge in [-0.05, 0) is 61.9 Å². The van der Waals surface area contributed by atoms with E-state index in [1.807, 2.05) is 0 Å². The largest absolute Gasteiger partial charge is 0.0625 e. The Morgan fingerprint density at radius 1 is 1.25 bits per heavy atom. The smallest absolute Gasteiger partial charge is 0.00822 e. The SMILES string of the molecule is CCC1=[C]CCCC1(C)C1CCC(C)CC1. The standard InChI is InChI=1S/C16H27/c1-4-14-7-5-6-12-16(14,3)15-10-8-13(2)9-11-15/h13,15H,4-6,8-12H2,1-3H3. The van der Waals surface area contributed by atoms with Crippen LogP contribution in [0.25, 0.3) is 0 Å². The Kier molecular flexibility index (Phi) is 3.77. The quantitative estimate of drug-likeness (QED) is 0.603. The molecule has 0 heteroatoms. The Morgan fingerprint density at radius 3 is 2.56 bits per heavy atom. The Hall–Kier alpha value is -0.260. The van der Waals surface area contributed by atoms with Crippen LogP contribution < -0.4 is 0 Å². The molecule has 0 aliphatic heterocycles. The molecule has 2 aliphatic rings. The van der Waals surface area contributed by atoms with E-state index in [-0.39, 0.29) is 0 Å². The van der Waals surface area contributed by atoms with Crippen LogP contribution in [-0.4, -0.2) is 0 Å². The first kappa shape index (κ1) is 12.2. The summed E-state index contributed by atoms with van der Waals surface area (Å²) >= 11 is 0. The summed E-state index contributed by atoms with van der Waals surface area (Å²) in [4.78, 5) is 0. The fraction of sp³-hybridized carbons (Fsp3) is 0.875. The zero-order chi connectivity index (χ0) is 11.6. The van der Waals surface area contributed by atoms with E-state index < -0.39 is 0 Å². The van der Waals surface area contributed by atoms with Crippen molar-refractivity contribution in [3.05, 3.63) is 11.6 Å². The summed E-state index contributed by atoms with van der Waals surface area (Å²) < 4.78 is 0. The zero-order valence-corrected chi connectivity index (χ0v) is 11.3. The Bertz CT molecular complexity index is 255. The molecule has 1 unspecified atom stereocenters. The van der Waals surface area contributed by atoms with Crippen LogP contribution in [0.4, 0.5) is 0 Å². The van der Waals surface area contributed by atoms with Crippen LogP contribution in [0.1, 0.15) is 72.1 Å². The van der Waals surface area contributed by atoms with Gasteiger partial charge in [0.15, 0.2) is 0 Å².